The molecule has 1 heterocycles. The standard InChI is InChI=1S/C24H19NO3/c1-16-22(24(27)28-2)23(26)21(25(16)19-12-4-3-5-13-19)15-18-11-8-10-17-9-6-7-14-20(17)18/h3-15H,1-2H3/b21-15-. The fraction of sp³-hybridized carbons (Fsp3) is 0.0833. The molecule has 0 spiro atoms. The van der Waals surface area contributed by atoms with Crippen LogP contribution in [0.2, 0.25) is 0 Å². The van der Waals surface area contributed by atoms with Crippen LogP contribution in [0.15, 0.2) is 89.8 Å². The van der Waals surface area contributed by atoms with Gasteiger partial charge in [0.15, 0.2) is 0 Å². The Morgan fingerprint density at radius 2 is 1.61 bits per heavy atom. The second-order valence-electron chi connectivity index (χ2n) is 6.55. The number of para-hydroxylation sites is 1. The minimum absolute atomic E-state index is 0.0674. The molecule has 0 fully saturated rings. The van der Waals surface area contributed by atoms with Crippen molar-refractivity contribution in [2.45, 2.75) is 6.92 Å². The fourth-order valence-electron chi connectivity index (χ4n) is 3.59. The molecule has 0 amide bonds. The van der Waals surface area contributed by atoms with Gasteiger partial charge in [-0.15, -0.1) is 0 Å². The molecular formula is C24H19NO3. The average molecular weight is 369 g/mol. The zero-order chi connectivity index (χ0) is 19.7. The normalized spacial score (nSPS) is 15.6. The van der Waals surface area contributed by atoms with Gasteiger partial charge in [-0.05, 0) is 41.5 Å². The van der Waals surface area contributed by atoms with Gasteiger partial charge in [0.1, 0.15) is 5.57 Å². The molecule has 0 aromatic heterocycles. The first kappa shape index (κ1) is 17.7. The van der Waals surface area contributed by atoms with E-state index in [0.29, 0.717) is 11.4 Å². The molecule has 4 rings (SSSR count). The minimum atomic E-state index is -0.621. The van der Waals surface area contributed by atoms with Crippen LogP contribution in [0.5, 0.6) is 0 Å². The summed E-state index contributed by atoms with van der Waals surface area (Å²) in [5, 5.41) is 2.13. The number of nitrogens with zero attached hydrogens (tertiary/aromatic N) is 1. The van der Waals surface area contributed by atoms with Crippen molar-refractivity contribution in [1.82, 2.24) is 0 Å². The topological polar surface area (TPSA) is 46.6 Å². The first-order valence-corrected chi connectivity index (χ1v) is 9.00. The maximum atomic E-state index is 13.2. The van der Waals surface area contributed by atoms with Crippen molar-refractivity contribution in [2.24, 2.45) is 0 Å². The lowest BCUT2D eigenvalue weighted by Crippen LogP contribution is -2.18. The van der Waals surface area contributed by atoms with Gasteiger partial charge in [-0.2, -0.15) is 0 Å². The molecule has 0 atom stereocenters. The number of carbonyl (C=O) groups is 2. The van der Waals surface area contributed by atoms with Crippen molar-refractivity contribution in [3.63, 3.8) is 0 Å². The van der Waals surface area contributed by atoms with E-state index in [9.17, 15) is 9.59 Å². The van der Waals surface area contributed by atoms with Crippen LogP contribution in [0.4, 0.5) is 5.69 Å². The molecular weight excluding hydrogens is 350 g/mol. The largest absolute Gasteiger partial charge is 0.465 e. The van der Waals surface area contributed by atoms with Gasteiger partial charge in [-0.1, -0.05) is 60.7 Å². The fourth-order valence-corrected chi connectivity index (χ4v) is 3.59. The number of esters is 1. The molecule has 1 aliphatic heterocycles. The maximum Gasteiger partial charge on any atom is 0.343 e. The lowest BCUT2D eigenvalue weighted by molar-refractivity contribution is -0.137. The highest BCUT2D eigenvalue weighted by molar-refractivity contribution is 6.30. The van der Waals surface area contributed by atoms with Crippen LogP contribution in [0.1, 0.15) is 12.5 Å². The summed E-state index contributed by atoms with van der Waals surface area (Å²) in [5.74, 6) is -0.953. The highest BCUT2D eigenvalue weighted by Gasteiger charge is 2.38. The van der Waals surface area contributed by atoms with E-state index in [4.69, 9.17) is 4.74 Å². The molecule has 3 aromatic carbocycles. The van der Waals surface area contributed by atoms with Crippen LogP contribution in [-0.2, 0) is 14.3 Å². The second kappa shape index (κ2) is 7.16. The number of benzene rings is 3. The molecule has 0 aliphatic carbocycles. The Balaban J connectivity index is 1.92. The van der Waals surface area contributed by atoms with E-state index in [2.05, 4.69) is 0 Å². The third-order valence-electron chi connectivity index (χ3n) is 4.92. The van der Waals surface area contributed by atoms with Crippen molar-refractivity contribution in [2.75, 3.05) is 12.0 Å². The number of ether oxygens (including phenoxy) is 1. The summed E-state index contributed by atoms with van der Waals surface area (Å²) >= 11 is 0. The monoisotopic (exact) mass is 369 g/mol. The Bertz CT molecular complexity index is 1140. The SMILES string of the molecule is COC(=O)C1=C(C)N(c2ccccc2)/C(=C\c2cccc3ccccc23)C1=O. The number of hydrogen-bond donors (Lipinski definition) is 0. The predicted molar refractivity (Wildman–Crippen MR) is 111 cm³/mol. The second-order valence-corrected chi connectivity index (χ2v) is 6.55. The summed E-state index contributed by atoms with van der Waals surface area (Å²) in [6.45, 7) is 1.76. The van der Waals surface area contributed by atoms with Crippen molar-refractivity contribution in [3.8, 4) is 0 Å². The third kappa shape index (κ3) is 2.89. The first-order valence-electron chi connectivity index (χ1n) is 9.00. The molecule has 0 unspecified atom stereocenters. The summed E-state index contributed by atoms with van der Waals surface area (Å²) < 4.78 is 4.86. The number of Topliss-reactive ketones (excluding diaryl/α,β-unsaturated/α-hetero) is 1. The first-order chi connectivity index (χ1) is 13.6. The van der Waals surface area contributed by atoms with E-state index in [-0.39, 0.29) is 11.4 Å². The Morgan fingerprint density at radius 3 is 2.36 bits per heavy atom. The smallest absolute Gasteiger partial charge is 0.343 e. The molecule has 138 valence electrons. The van der Waals surface area contributed by atoms with Crippen LogP contribution < -0.4 is 4.90 Å². The molecule has 28 heavy (non-hydrogen) atoms. The number of carbonyl (C=O) groups excluding carboxylic acids is 2. The highest BCUT2D eigenvalue weighted by Crippen LogP contribution is 2.36. The Morgan fingerprint density at radius 1 is 0.929 bits per heavy atom. The molecule has 1 aliphatic rings. The van der Waals surface area contributed by atoms with Gasteiger partial charge in [-0.3, -0.25) is 4.79 Å². The van der Waals surface area contributed by atoms with Gasteiger partial charge in [0.2, 0.25) is 5.78 Å². The van der Waals surface area contributed by atoms with Crippen LogP contribution >= 0.6 is 0 Å². The zero-order valence-electron chi connectivity index (χ0n) is 15.7. The number of anilines is 1. The number of allylic oxidation sites excluding steroid dienone is 2. The number of rotatable bonds is 3. The quantitative estimate of drug-likeness (QED) is 0.381. The molecule has 0 saturated heterocycles. The third-order valence-corrected chi connectivity index (χ3v) is 4.92. The van der Waals surface area contributed by atoms with Crippen molar-refractivity contribution < 1.29 is 14.3 Å². The average Bonchev–Trinajstić information content (AvgIpc) is 2.98. The lowest BCUT2D eigenvalue weighted by atomic mass is 10.0. The molecule has 0 radical (unpaired) electrons. The summed E-state index contributed by atoms with van der Waals surface area (Å²) in [6, 6.07) is 23.5. The van der Waals surface area contributed by atoms with Gasteiger partial charge >= 0.3 is 5.97 Å². The van der Waals surface area contributed by atoms with Gasteiger partial charge in [0.05, 0.1) is 12.8 Å². The van der Waals surface area contributed by atoms with E-state index in [1.807, 2.05) is 83.8 Å². The van der Waals surface area contributed by atoms with E-state index < -0.39 is 5.97 Å². The molecule has 3 aromatic rings. The van der Waals surface area contributed by atoms with Crippen LogP contribution in [0, 0.1) is 0 Å². The number of hydrogen-bond acceptors (Lipinski definition) is 4. The zero-order valence-corrected chi connectivity index (χ0v) is 15.7. The van der Waals surface area contributed by atoms with Crippen molar-refractivity contribution >= 4 is 34.3 Å². The number of ketones is 1. The van der Waals surface area contributed by atoms with Crippen molar-refractivity contribution in [3.05, 3.63) is 95.3 Å². The molecule has 4 heteroatoms. The molecule has 0 saturated carbocycles. The Labute approximate surface area is 163 Å². The Kier molecular flexibility index (Phi) is 4.53. The maximum absolute atomic E-state index is 13.2. The number of methoxy groups -OCH3 is 1. The lowest BCUT2D eigenvalue weighted by Gasteiger charge is -2.21. The van der Waals surface area contributed by atoms with Gasteiger partial charge in [0.25, 0.3) is 0 Å². The summed E-state index contributed by atoms with van der Waals surface area (Å²) in [7, 11) is 1.29. The summed E-state index contributed by atoms with van der Waals surface area (Å²) in [5.41, 5.74) is 2.80. The molecule has 0 bridgehead atoms. The van der Waals surface area contributed by atoms with E-state index >= 15 is 0 Å². The van der Waals surface area contributed by atoms with Crippen molar-refractivity contribution in [1.29, 1.82) is 0 Å². The van der Waals surface area contributed by atoms with Gasteiger partial charge < -0.3 is 9.64 Å². The highest BCUT2D eigenvalue weighted by atomic mass is 16.5. The van der Waals surface area contributed by atoms with E-state index in [0.717, 1.165) is 22.0 Å². The van der Waals surface area contributed by atoms with Gasteiger partial charge in [-0.25, -0.2) is 4.79 Å². The molecule has 0 N–H and O–H groups in total. The molecule has 4 nitrogen and oxygen atoms in total. The van der Waals surface area contributed by atoms with E-state index in [1.54, 1.807) is 6.92 Å². The van der Waals surface area contributed by atoms with Crippen LogP contribution in [0.3, 0.4) is 0 Å². The summed E-state index contributed by atoms with van der Waals surface area (Å²) in [6.07, 6.45) is 1.84. The van der Waals surface area contributed by atoms with Crippen LogP contribution in [-0.4, -0.2) is 18.9 Å². The number of fused-ring (bicyclic) bond motifs is 1. The van der Waals surface area contributed by atoms with Crippen LogP contribution in [0.25, 0.3) is 16.8 Å². The van der Waals surface area contributed by atoms with Gasteiger partial charge in [0, 0.05) is 11.4 Å². The summed E-state index contributed by atoms with van der Waals surface area (Å²) in [4.78, 5) is 27.3. The van der Waals surface area contributed by atoms with E-state index in [1.165, 1.54) is 7.11 Å². The Hall–Kier alpha value is -3.66. The predicted octanol–water partition coefficient (Wildman–Crippen LogP) is 4.72. The minimum Gasteiger partial charge on any atom is -0.465 e.